The van der Waals surface area contributed by atoms with Crippen molar-refractivity contribution in [3.63, 3.8) is 0 Å². The molecule has 0 unspecified atom stereocenters. The van der Waals surface area contributed by atoms with Crippen LogP contribution in [0.25, 0.3) is 0 Å². The van der Waals surface area contributed by atoms with E-state index in [4.69, 9.17) is 14.6 Å². The predicted octanol–water partition coefficient (Wildman–Crippen LogP) is -0.217. The predicted molar refractivity (Wildman–Crippen MR) is 32.2 cm³/mol. The first-order valence-electron chi connectivity index (χ1n) is 3.11. The van der Waals surface area contributed by atoms with Gasteiger partial charge >= 0.3 is 0 Å². The minimum absolute atomic E-state index is 0.116. The Morgan fingerprint density at radius 3 is 3.00 bits per heavy atom. The Morgan fingerprint density at radius 2 is 2.56 bits per heavy atom. The maximum atomic E-state index is 8.95. The molecular weight excluding hydrogens is 120 g/mol. The second-order valence-corrected chi connectivity index (χ2v) is 2.30. The molecule has 0 aromatic heterocycles. The van der Waals surface area contributed by atoms with Crippen LogP contribution < -0.4 is 0 Å². The summed E-state index contributed by atoms with van der Waals surface area (Å²) in [5.41, 5.74) is 0. The normalized spacial score (nSPS) is 35.3. The molecule has 9 heavy (non-hydrogen) atoms. The van der Waals surface area contributed by atoms with Crippen molar-refractivity contribution >= 4 is 0 Å². The van der Waals surface area contributed by atoms with Crippen molar-refractivity contribution in [2.45, 2.75) is 18.6 Å². The van der Waals surface area contributed by atoms with E-state index in [1.165, 1.54) is 0 Å². The largest absolute Gasteiger partial charge is 0.391 e. The summed E-state index contributed by atoms with van der Waals surface area (Å²) in [4.78, 5) is 0. The van der Waals surface area contributed by atoms with Gasteiger partial charge in [0.2, 0.25) is 0 Å². The summed E-state index contributed by atoms with van der Waals surface area (Å²) in [6.07, 6.45) is 0.559. The summed E-state index contributed by atoms with van der Waals surface area (Å²) in [5.74, 6) is 0. The molecule has 54 valence electrons. The van der Waals surface area contributed by atoms with Crippen LogP contribution in [0.2, 0.25) is 0 Å². The van der Waals surface area contributed by atoms with E-state index in [1.807, 2.05) is 0 Å². The first-order valence-corrected chi connectivity index (χ1v) is 3.11. The molecule has 1 aliphatic heterocycles. The highest BCUT2D eigenvalue weighted by atomic mass is 16.5. The number of aliphatic hydroxyl groups excluding tert-OH is 1. The number of methoxy groups -OCH3 is 1. The molecule has 2 atom stereocenters. The van der Waals surface area contributed by atoms with E-state index in [0.29, 0.717) is 19.6 Å². The van der Waals surface area contributed by atoms with Crippen molar-refractivity contribution in [2.24, 2.45) is 0 Å². The summed E-state index contributed by atoms with van der Waals surface area (Å²) >= 11 is 0. The second kappa shape index (κ2) is 3.15. The zero-order chi connectivity index (χ0) is 6.69. The monoisotopic (exact) mass is 132 g/mol. The third-order valence-electron chi connectivity index (χ3n) is 1.41. The molecule has 1 N–H and O–H groups in total. The lowest BCUT2D eigenvalue weighted by atomic mass is 10.2. The van der Waals surface area contributed by atoms with Crippen molar-refractivity contribution in [1.82, 2.24) is 0 Å². The fraction of sp³-hybridized carbons (Fsp3) is 1.00. The summed E-state index contributed by atoms with van der Waals surface area (Å²) < 4.78 is 9.97. The maximum Gasteiger partial charge on any atom is 0.0835 e. The average Bonchev–Trinajstić information content (AvgIpc) is 2.17. The molecule has 0 amide bonds. The topological polar surface area (TPSA) is 38.7 Å². The fourth-order valence-corrected chi connectivity index (χ4v) is 0.989. The van der Waals surface area contributed by atoms with Gasteiger partial charge in [-0.3, -0.25) is 0 Å². The van der Waals surface area contributed by atoms with E-state index in [-0.39, 0.29) is 12.2 Å². The highest BCUT2D eigenvalue weighted by molar-refractivity contribution is 4.71. The van der Waals surface area contributed by atoms with Crippen molar-refractivity contribution in [3.05, 3.63) is 0 Å². The lowest BCUT2D eigenvalue weighted by molar-refractivity contribution is 0.0336. The van der Waals surface area contributed by atoms with E-state index in [1.54, 1.807) is 7.11 Å². The highest BCUT2D eigenvalue weighted by Gasteiger charge is 2.22. The first kappa shape index (κ1) is 6.99. The number of aliphatic hydroxyl groups is 1. The Labute approximate surface area is 54.6 Å². The molecule has 1 fully saturated rings. The van der Waals surface area contributed by atoms with Gasteiger partial charge in [-0.2, -0.15) is 0 Å². The SMILES string of the molecule is COC[C@@H]1C[C@H](O)CO1. The van der Waals surface area contributed by atoms with Crippen LogP contribution in [0.3, 0.4) is 0 Å². The lowest BCUT2D eigenvalue weighted by Crippen LogP contribution is -2.12. The van der Waals surface area contributed by atoms with E-state index in [0.717, 1.165) is 0 Å². The summed E-state index contributed by atoms with van der Waals surface area (Å²) in [5, 5.41) is 8.95. The second-order valence-electron chi connectivity index (χ2n) is 2.30. The van der Waals surface area contributed by atoms with E-state index < -0.39 is 0 Å². The smallest absolute Gasteiger partial charge is 0.0835 e. The minimum Gasteiger partial charge on any atom is -0.391 e. The van der Waals surface area contributed by atoms with Crippen LogP contribution in [0.5, 0.6) is 0 Å². The molecule has 0 aliphatic carbocycles. The van der Waals surface area contributed by atoms with Gasteiger partial charge in [0.25, 0.3) is 0 Å². The van der Waals surface area contributed by atoms with Gasteiger partial charge in [0.05, 0.1) is 25.4 Å². The highest BCUT2D eigenvalue weighted by Crippen LogP contribution is 2.12. The molecule has 0 aromatic rings. The zero-order valence-corrected chi connectivity index (χ0v) is 5.54. The van der Waals surface area contributed by atoms with Gasteiger partial charge in [-0.05, 0) is 0 Å². The quantitative estimate of drug-likeness (QED) is 0.564. The van der Waals surface area contributed by atoms with E-state index in [9.17, 15) is 0 Å². The van der Waals surface area contributed by atoms with Gasteiger partial charge in [-0.1, -0.05) is 0 Å². The Morgan fingerprint density at radius 1 is 1.78 bits per heavy atom. The molecular formula is C6H12O3. The van der Waals surface area contributed by atoms with Crippen LogP contribution in [0.4, 0.5) is 0 Å². The number of hydrogen-bond donors (Lipinski definition) is 1. The Kier molecular flexibility index (Phi) is 2.45. The van der Waals surface area contributed by atoms with Gasteiger partial charge in [0.15, 0.2) is 0 Å². The van der Waals surface area contributed by atoms with Gasteiger partial charge < -0.3 is 14.6 Å². The van der Waals surface area contributed by atoms with Crippen LogP contribution in [0.1, 0.15) is 6.42 Å². The Bertz CT molecular complexity index is 82.4. The number of hydrogen-bond acceptors (Lipinski definition) is 3. The lowest BCUT2D eigenvalue weighted by Gasteiger charge is -2.04. The molecule has 0 bridgehead atoms. The van der Waals surface area contributed by atoms with Crippen molar-refractivity contribution in [1.29, 1.82) is 0 Å². The van der Waals surface area contributed by atoms with Crippen LogP contribution in [0.15, 0.2) is 0 Å². The van der Waals surface area contributed by atoms with Crippen LogP contribution in [0, 0.1) is 0 Å². The first-order chi connectivity index (χ1) is 4.33. The summed E-state index contributed by atoms with van der Waals surface area (Å²) in [6.45, 7) is 1.06. The molecule has 1 heterocycles. The standard InChI is InChI=1S/C6H12O3/c1-8-4-6-2-5(7)3-9-6/h5-7H,2-4H2,1H3/t5-,6-/m0/s1. The van der Waals surface area contributed by atoms with Gasteiger partial charge in [-0.15, -0.1) is 0 Å². The number of rotatable bonds is 2. The Hall–Kier alpha value is -0.120. The zero-order valence-electron chi connectivity index (χ0n) is 5.54. The minimum atomic E-state index is -0.273. The van der Waals surface area contributed by atoms with E-state index in [2.05, 4.69) is 0 Å². The maximum absolute atomic E-state index is 8.95. The molecule has 3 nitrogen and oxygen atoms in total. The third-order valence-corrected chi connectivity index (χ3v) is 1.41. The number of ether oxygens (including phenoxy) is 2. The fourth-order valence-electron chi connectivity index (χ4n) is 0.989. The summed E-state index contributed by atoms with van der Waals surface area (Å²) in [6, 6.07) is 0. The van der Waals surface area contributed by atoms with Crippen LogP contribution >= 0.6 is 0 Å². The van der Waals surface area contributed by atoms with Gasteiger partial charge in [-0.25, -0.2) is 0 Å². The molecule has 0 radical (unpaired) electrons. The molecule has 0 spiro atoms. The molecule has 0 aromatic carbocycles. The van der Waals surface area contributed by atoms with Crippen LogP contribution in [-0.2, 0) is 9.47 Å². The van der Waals surface area contributed by atoms with Crippen LogP contribution in [-0.4, -0.2) is 37.6 Å². The molecule has 1 aliphatic rings. The molecule has 3 heteroatoms. The molecule has 0 saturated carbocycles. The van der Waals surface area contributed by atoms with Crippen molar-refractivity contribution in [2.75, 3.05) is 20.3 Å². The molecule has 1 rings (SSSR count). The van der Waals surface area contributed by atoms with Crippen molar-refractivity contribution in [3.8, 4) is 0 Å². The third kappa shape index (κ3) is 1.93. The average molecular weight is 132 g/mol. The van der Waals surface area contributed by atoms with Gasteiger partial charge in [0, 0.05) is 13.5 Å². The van der Waals surface area contributed by atoms with E-state index >= 15 is 0 Å². The van der Waals surface area contributed by atoms with Gasteiger partial charge in [0.1, 0.15) is 0 Å². The Balaban J connectivity index is 2.14. The van der Waals surface area contributed by atoms with Crippen molar-refractivity contribution < 1.29 is 14.6 Å². The summed E-state index contributed by atoms with van der Waals surface area (Å²) in [7, 11) is 1.63. The molecule has 1 saturated heterocycles.